The van der Waals surface area contributed by atoms with Crippen LogP contribution in [0.5, 0.6) is 0 Å². The van der Waals surface area contributed by atoms with E-state index < -0.39 is 6.09 Å². The minimum absolute atomic E-state index is 0.0800. The lowest BCUT2D eigenvalue weighted by Crippen LogP contribution is -2.25. The van der Waals surface area contributed by atoms with Gasteiger partial charge in [0.2, 0.25) is 0 Å². The molecule has 0 bridgehead atoms. The van der Waals surface area contributed by atoms with Crippen LogP contribution in [0.1, 0.15) is 17.0 Å². The Morgan fingerprint density at radius 3 is 2.15 bits per heavy atom. The van der Waals surface area contributed by atoms with Gasteiger partial charge in [0.05, 0.1) is 0 Å². The minimum Gasteiger partial charge on any atom is -0.449 e. The molecule has 3 heteroatoms. The third kappa shape index (κ3) is 2.16. The average molecular weight is 265 g/mol. The lowest BCUT2D eigenvalue weighted by atomic mass is 9.98. The standard InChI is InChI=1S/C17H15NO2/c1-2-18-17(19)20-11-16-14-9-5-3-7-12(14)13-8-4-6-10-15(13)16/h1,3-10,16H,2,11H2,(H,18,19). The summed E-state index contributed by atoms with van der Waals surface area (Å²) in [6, 6.07) is 16.5. The van der Waals surface area contributed by atoms with Gasteiger partial charge in [-0.2, -0.15) is 0 Å². The Labute approximate surface area is 118 Å². The molecule has 0 atom stereocenters. The van der Waals surface area contributed by atoms with Crippen LogP contribution in [0.4, 0.5) is 4.79 Å². The van der Waals surface area contributed by atoms with Gasteiger partial charge >= 0.3 is 6.09 Å². The van der Waals surface area contributed by atoms with Gasteiger partial charge in [-0.3, -0.25) is 0 Å². The number of nitrogens with one attached hydrogen (secondary N) is 1. The molecule has 0 saturated carbocycles. The number of carbonyl (C=O) groups excluding carboxylic acids is 1. The molecule has 100 valence electrons. The molecule has 1 N–H and O–H groups in total. The summed E-state index contributed by atoms with van der Waals surface area (Å²) in [5.74, 6) is 0.0888. The summed E-state index contributed by atoms with van der Waals surface area (Å²) in [6.07, 6.45) is -0.477. The second-order valence-corrected chi connectivity index (χ2v) is 4.71. The van der Waals surface area contributed by atoms with E-state index in [1.165, 1.54) is 22.3 Å². The molecule has 0 aromatic heterocycles. The first-order valence-electron chi connectivity index (χ1n) is 6.60. The fourth-order valence-electron chi connectivity index (χ4n) is 2.73. The monoisotopic (exact) mass is 265 g/mol. The molecule has 1 aliphatic rings. The number of rotatable bonds is 3. The Kier molecular flexibility index (Phi) is 3.42. The van der Waals surface area contributed by atoms with E-state index in [1.807, 2.05) is 24.3 Å². The molecule has 2 radical (unpaired) electrons. The Balaban J connectivity index is 1.89. The van der Waals surface area contributed by atoms with E-state index in [1.54, 1.807) is 0 Å². The van der Waals surface area contributed by atoms with Crippen molar-refractivity contribution in [2.75, 3.05) is 13.2 Å². The number of alkyl carbamates (subject to hydrolysis) is 1. The zero-order chi connectivity index (χ0) is 13.9. The van der Waals surface area contributed by atoms with Crippen molar-refractivity contribution < 1.29 is 9.53 Å². The van der Waals surface area contributed by atoms with Gasteiger partial charge in [-0.25, -0.2) is 4.79 Å². The Hall–Kier alpha value is -2.29. The van der Waals surface area contributed by atoms with Crippen LogP contribution < -0.4 is 5.32 Å². The summed E-state index contributed by atoms with van der Waals surface area (Å²) in [6.45, 7) is 5.65. The molecule has 0 saturated heterocycles. The first-order valence-corrected chi connectivity index (χ1v) is 6.60. The van der Waals surface area contributed by atoms with Crippen LogP contribution in [0.15, 0.2) is 48.5 Å². The fraction of sp³-hybridized carbons (Fsp3) is 0.176. The highest BCUT2D eigenvalue weighted by molar-refractivity contribution is 5.79. The molecule has 2 aromatic carbocycles. The van der Waals surface area contributed by atoms with Crippen molar-refractivity contribution in [2.24, 2.45) is 0 Å². The number of fused-ring (bicyclic) bond motifs is 3. The van der Waals surface area contributed by atoms with E-state index >= 15 is 0 Å². The van der Waals surface area contributed by atoms with Crippen LogP contribution in [0, 0.1) is 6.92 Å². The van der Waals surface area contributed by atoms with E-state index in [9.17, 15) is 4.79 Å². The predicted molar refractivity (Wildman–Crippen MR) is 77.4 cm³/mol. The number of hydrogen-bond donors (Lipinski definition) is 1. The maximum Gasteiger partial charge on any atom is 0.407 e. The van der Waals surface area contributed by atoms with Gasteiger partial charge < -0.3 is 10.1 Å². The highest BCUT2D eigenvalue weighted by Gasteiger charge is 2.28. The maximum absolute atomic E-state index is 11.4. The Morgan fingerprint density at radius 1 is 1.05 bits per heavy atom. The molecule has 1 amide bonds. The van der Waals surface area contributed by atoms with Gasteiger partial charge in [0.25, 0.3) is 0 Å². The number of benzene rings is 2. The summed E-state index contributed by atoms with van der Waals surface area (Å²) in [7, 11) is 0. The molecular formula is C17H15NO2. The molecule has 0 aliphatic heterocycles. The normalized spacial score (nSPS) is 12.7. The van der Waals surface area contributed by atoms with Gasteiger partial charge in [-0.15, -0.1) is 0 Å². The van der Waals surface area contributed by atoms with Gasteiger partial charge in [-0.1, -0.05) is 48.5 Å². The van der Waals surface area contributed by atoms with Gasteiger partial charge in [0.15, 0.2) is 0 Å². The minimum atomic E-state index is -0.477. The van der Waals surface area contributed by atoms with Crippen LogP contribution in [0.2, 0.25) is 0 Å². The molecule has 20 heavy (non-hydrogen) atoms. The summed E-state index contributed by atoms with van der Waals surface area (Å²) >= 11 is 0. The Morgan fingerprint density at radius 2 is 1.60 bits per heavy atom. The molecule has 0 spiro atoms. The maximum atomic E-state index is 11.4. The van der Waals surface area contributed by atoms with Crippen molar-refractivity contribution in [2.45, 2.75) is 5.92 Å². The highest BCUT2D eigenvalue weighted by Crippen LogP contribution is 2.44. The van der Waals surface area contributed by atoms with Crippen LogP contribution in [-0.4, -0.2) is 19.2 Å². The third-order valence-corrected chi connectivity index (χ3v) is 3.59. The largest absolute Gasteiger partial charge is 0.449 e. The zero-order valence-electron chi connectivity index (χ0n) is 11.0. The number of amides is 1. The quantitative estimate of drug-likeness (QED) is 0.925. The number of hydrogen-bond acceptors (Lipinski definition) is 2. The smallest absolute Gasteiger partial charge is 0.407 e. The summed E-state index contributed by atoms with van der Waals surface area (Å²) in [4.78, 5) is 11.4. The molecule has 0 fully saturated rings. The van der Waals surface area contributed by atoms with Crippen LogP contribution in [0.3, 0.4) is 0 Å². The average Bonchev–Trinajstić information content (AvgIpc) is 2.80. The van der Waals surface area contributed by atoms with Gasteiger partial charge in [0.1, 0.15) is 6.61 Å². The van der Waals surface area contributed by atoms with Crippen LogP contribution in [-0.2, 0) is 4.74 Å². The molecular weight excluding hydrogens is 250 g/mol. The van der Waals surface area contributed by atoms with Crippen molar-refractivity contribution in [3.05, 3.63) is 66.6 Å². The van der Waals surface area contributed by atoms with Crippen molar-refractivity contribution in [1.29, 1.82) is 0 Å². The summed E-state index contributed by atoms with van der Waals surface area (Å²) in [5, 5.41) is 2.43. The zero-order valence-corrected chi connectivity index (χ0v) is 11.0. The Bertz CT molecular complexity index is 591. The van der Waals surface area contributed by atoms with E-state index in [0.717, 1.165) is 0 Å². The summed E-state index contributed by atoms with van der Waals surface area (Å²) in [5.41, 5.74) is 4.84. The van der Waals surface area contributed by atoms with Crippen molar-refractivity contribution >= 4 is 6.09 Å². The lowest BCUT2D eigenvalue weighted by molar-refractivity contribution is 0.144. The van der Waals surface area contributed by atoms with Crippen molar-refractivity contribution in [3.8, 4) is 11.1 Å². The molecule has 3 nitrogen and oxygen atoms in total. The molecule has 0 heterocycles. The second kappa shape index (κ2) is 5.37. The van der Waals surface area contributed by atoms with E-state index in [-0.39, 0.29) is 12.5 Å². The van der Waals surface area contributed by atoms with Crippen molar-refractivity contribution in [3.63, 3.8) is 0 Å². The molecule has 3 rings (SSSR count). The molecule has 2 aromatic rings. The van der Waals surface area contributed by atoms with E-state index in [0.29, 0.717) is 6.61 Å². The summed E-state index contributed by atoms with van der Waals surface area (Å²) < 4.78 is 5.25. The van der Waals surface area contributed by atoms with Crippen LogP contribution in [0.25, 0.3) is 11.1 Å². The fourth-order valence-corrected chi connectivity index (χ4v) is 2.73. The topological polar surface area (TPSA) is 38.3 Å². The SMILES string of the molecule is [CH]CNC(=O)OCC1c2ccccc2-c2ccccc21. The van der Waals surface area contributed by atoms with Crippen molar-refractivity contribution in [1.82, 2.24) is 5.32 Å². The molecule has 1 aliphatic carbocycles. The number of carbonyl (C=O) groups is 1. The third-order valence-electron chi connectivity index (χ3n) is 3.59. The predicted octanol–water partition coefficient (Wildman–Crippen LogP) is 3.24. The van der Waals surface area contributed by atoms with E-state index in [4.69, 9.17) is 11.7 Å². The molecule has 0 unspecified atom stereocenters. The van der Waals surface area contributed by atoms with Crippen LogP contribution >= 0.6 is 0 Å². The van der Waals surface area contributed by atoms with Gasteiger partial charge in [0, 0.05) is 12.5 Å². The second-order valence-electron chi connectivity index (χ2n) is 4.71. The highest BCUT2D eigenvalue weighted by atomic mass is 16.5. The number of ether oxygens (including phenoxy) is 1. The first kappa shape index (κ1) is 12.7. The van der Waals surface area contributed by atoms with E-state index in [2.05, 4.69) is 29.6 Å². The lowest BCUT2D eigenvalue weighted by Gasteiger charge is -2.14. The van der Waals surface area contributed by atoms with Gasteiger partial charge in [-0.05, 0) is 29.2 Å². The first-order chi connectivity index (χ1) is 9.81.